The third-order valence-electron chi connectivity index (χ3n) is 5.30. The van der Waals surface area contributed by atoms with Gasteiger partial charge in [0.05, 0.1) is 24.9 Å². The molecule has 3 aromatic rings. The molecule has 2 aliphatic heterocycles. The summed E-state index contributed by atoms with van der Waals surface area (Å²) in [5.74, 6) is 0. The van der Waals surface area contributed by atoms with Crippen molar-refractivity contribution in [3.05, 3.63) is 67.0 Å². The molecule has 144 valence electrons. The zero-order chi connectivity index (χ0) is 18.9. The molecule has 0 spiro atoms. The van der Waals surface area contributed by atoms with Crippen LogP contribution in [-0.2, 0) is 16.0 Å². The first-order valence-corrected chi connectivity index (χ1v) is 9.31. The fraction of sp³-hybridized carbons (Fsp3) is 0.350. The lowest BCUT2D eigenvalue weighted by Gasteiger charge is -2.38. The van der Waals surface area contributed by atoms with Gasteiger partial charge in [0.2, 0.25) is 0 Å². The van der Waals surface area contributed by atoms with Crippen LogP contribution in [-0.4, -0.2) is 56.0 Å². The Labute approximate surface area is 162 Å². The second-order valence-corrected chi connectivity index (χ2v) is 7.09. The number of rotatable bonds is 5. The zero-order valence-electron chi connectivity index (χ0n) is 15.1. The van der Waals surface area contributed by atoms with Gasteiger partial charge in [-0.25, -0.2) is 9.97 Å². The Morgan fingerprint density at radius 2 is 1.93 bits per heavy atom. The first-order chi connectivity index (χ1) is 13.8. The van der Waals surface area contributed by atoms with Crippen LogP contribution in [0.15, 0.2) is 61.4 Å². The molecule has 0 aliphatic carbocycles. The molecule has 0 unspecified atom stereocenters. The van der Waals surface area contributed by atoms with E-state index in [1.807, 2.05) is 36.5 Å². The van der Waals surface area contributed by atoms with Gasteiger partial charge < -0.3 is 19.9 Å². The Hall–Kier alpha value is -2.65. The van der Waals surface area contributed by atoms with Gasteiger partial charge in [-0.3, -0.25) is 4.68 Å². The predicted molar refractivity (Wildman–Crippen MR) is 100.0 cm³/mol. The largest absolute Gasteiger partial charge is 0.389 e. The molecule has 28 heavy (non-hydrogen) atoms. The summed E-state index contributed by atoms with van der Waals surface area (Å²) in [5.41, 5.74) is 3.00. The third kappa shape index (κ3) is 3.20. The van der Waals surface area contributed by atoms with E-state index in [2.05, 4.69) is 20.4 Å². The maximum absolute atomic E-state index is 11.1. The van der Waals surface area contributed by atoms with Gasteiger partial charge in [0.1, 0.15) is 18.5 Å². The minimum atomic E-state index is -0.709. The molecule has 0 radical (unpaired) electrons. The number of hydrogen-bond donors (Lipinski definition) is 2. The standard InChI is InChI=1S/C20H21N5O3/c26-19-17(23-8-13-6-21-12-22-7-13)16-11-27-20(28-16)18(19)25-10-15(9-24-25)14-4-2-1-3-5-14/h1-7,9-10,12,16-20,23,26H,8,11H2/t16-,17-,18-,19+,20-/m1/s1. The van der Waals surface area contributed by atoms with E-state index in [0.29, 0.717) is 13.2 Å². The second kappa shape index (κ2) is 7.40. The fourth-order valence-electron chi connectivity index (χ4n) is 3.87. The summed E-state index contributed by atoms with van der Waals surface area (Å²) in [6.45, 7) is 0.974. The molecule has 8 heteroatoms. The van der Waals surface area contributed by atoms with E-state index in [0.717, 1.165) is 16.7 Å². The minimum absolute atomic E-state index is 0.204. The summed E-state index contributed by atoms with van der Waals surface area (Å²) in [7, 11) is 0. The van der Waals surface area contributed by atoms with Crippen molar-refractivity contribution < 1.29 is 14.6 Å². The van der Waals surface area contributed by atoms with E-state index in [-0.39, 0.29) is 12.1 Å². The zero-order valence-corrected chi connectivity index (χ0v) is 15.1. The smallest absolute Gasteiger partial charge is 0.183 e. The van der Waals surface area contributed by atoms with E-state index in [4.69, 9.17) is 9.47 Å². The van der Waals surface area contributed by atoms with Gasteiger partial charge in [-0.1, -0.05) is 30.3 Å². The highest BCUT2D eigenvalue weighted by molar-refractivity contribution is 5.61. The third-order valence-corrected chi connectivity index (χ3v) is 5.30. The molecular weight excluding hydrogens is 358 g/mol. The Morgan fingerprint density at radius 1 is 1.11 bits per heavy atom. The Morgan fingerprint density at radius 3 is 2.75 bits per heavy atom. The number of ether oxygens (including phenoxy) is 2. The van der Waals surface area contributed by atoms with Crippen LogP contribution in [0.2, 0.25) is 0 Å². The van der Waals surface area contributed by atoms with Crippen LogP contribution in [0.5, 0.6) is 0 Å². The number of benzene rings is 1. The summed E-state index contributed by atoms with van der Waals surface area (Å²) >= 11 is 0. The van der Waals surface area contributed by atoms with Crippen molar-refractivity contribution in [3.63, 3.8) is 0 Å². The monoisotopic (exact) mass is 379 g/mol. The number of nitrogens with one attached hydrogen (secondary N) is 1. The fourth-order valence-corrected chi connectivity index (χ4v) is 3.87. The van der Waals surface area contributed by atoms with Gasteiger partial charge in [-0.05, 0) is 5.56 Å². The van der Waals surface area contributed by atoms with Crippen LogP contribution in [0.3, 0.4) is 0 Å². The molecule has 1 aromatic carbocycles. The first kappa shape index (κ1) is 17.4. The highest BCUT2D eigenvalue weighted by Gasteiger charge is 2.51. The highest BCUT2D eigenvalue weighted by Crippen LogP contribution is 2.36. The lowest BCUT2D eigenvalue weighted by molar-refractivity contribution is -0.168. The van der Waals surface area contributed by atoms with Crippen LogP contribution in [0.1, 0.15) is 11.6 Å². The van der Waals surface area contributed by atoms with Gasteiger partial charge in [0.15, 0.2) is 6.29 Å². The van der Waals surface area contributed by atoms with E-state index in [9.17, 15) is 5.11 Å². The number of nitrogens with zero attached hydrogens (tertiary/aromatic N) is 4. The molecule has 8 nitrogen and oxygen atoms in total. The van der Waals surface area contributed by atoms with Gasteiger partial charge >= 0.3 is 0 Å². The van der Waals surface area contributed by atoms with Crippen molar-refractivity contribution in [1.29, 1.82) is 0 Å². The molecular formula is C20H21N5O3. The number of aromatic nitrogens is 4. The number of fused-ring (bicyclic) bond motifs is 2. The van der Waals surface area contributed by atoms with Gasteiger partial charge in [-0.2, -0.15) is 5.10 Å². The van der Waals surface area contributed by atoms with Crippen molar-refractivity contribution in [1.82, 2.24) is 25.1 Å². The van der Waals surface area contributed by atoms with E-state index >= 15 is 0 Å². The van der Waals surface area contributed by atoms with Crippen molar-refractivity contribution in [2.75, 3.05) is 6.61 Å². The second-order valence-electron chi connectivity index (χ2n) is 7.09. The maximum Gasteiger partial charge on any atom is 0.183 e. The summed E-state index contributed by atoms with van der Waals surface area (Å²) in [6, 6.07) is 9.31. The lowest BCUT2D eigenvalue weighted by atomic mass is 9.96. The van der Waals surface area contributed by atoms with Crippen LogP contribution < -0.4 is 5.32 Å². The van der Waals surface area contributed by atoms with Crippen LogP contribution >= 0.6 is 0 Å². The van der Waals surface area contributed by atoms with E-state index in [1.165, 1.54) is 6.33 Å². The molecule has 2 aliphatic rings. The topological polar surface area (TPSA) is 94.3 Å². The minimum Gasteiger partial charge on any atom is -0.389 e. The number of aliphatic hydroxyl groups excluding tert-OH is 1. The van der Waals surface area contributed by atoms with Crippen molar-refractivity contribution in [2.45, 2.75) is 37.1 Å². The normalized spacial score (nSPS) is 29.1. The van der Waals surface area contributed by atoms with Crippen LogP contribution in [0.4, 0.5) is 0 Å². The molecule has 2 N–H and O–H groups in total. The highest BCUT2D eigenvalue weighted by atomic mass is 16.7. The summed E-state index contributed by atoms with van der Waals surface area (Å²) in [6.07, 6.45) is 7.30. The average Bonchev–Trinajstić information content (AvgIpc) is 3.39. The Kier molecular flexibility index (Phi) is 4.61. The van der Waals surface area contributed by atoms with Crippen LogP contribution in [0, 0.1) is 0 Å². The number of hydrogen-bond acceptors (Lipinski definition) is 7. The lowest BCUT2D eigenvalue weighted by Crippen LogP contribution is -2.57. The van der Waals surface area contributed by atoms with Crippen molar-refractivity contribution >= 4 is 0 Å². The van der Waals surface area contributed by atoms with Gasteiger partial charge in [0.25, 0.3) is 0 Å². The Balaban J connectivity index is 1.37. The summed E-state index contributed by atoms with van der Waals surface area (Å²) in [4.78, 5) is 8.05. The molecule has 0 saturated carbocycles. The van der Waals surface area contributed by atoms with E-state index < -0.39 is 18.4 Å². The van der Waals surface area contributed by atoms with Crippen molar-refractivity contribution in [2.24, 2.45) is 0 Å². The number of aliphatic hydroxyl groups is 1. The van der Waals surface area contributed by atoms with Crippen LogP contribution in [0.25, 0.3) is 11.1 Å². The summed E-state index contributed by atoms with van der Waals surface area (Å²) in [5, 5.41) is 19.0. The van der Waals surface area contributed by atoms with Crippen molar-refractivity contribution in [3.8, 4) is 11.1 Å². The SMILES string of the molecule is O[C@H]1[C@H](NCc2cncnc2)[C@H]2CO[C@H](O2)[C@@H]1n1cc(-c2ccccc2)cn1. The van der Waals surface area contributed by atoms with Gasteiger partial charge in [-0.15, -0.1) is 0 Å². The molecule has 4 heterocycles. The summed E-state index contributed by atoms with van der Waals surface area (Å²) < 4.78 is 13.6. The molecule has 2 aromatic heterocycles. The molecule has 2 fully saturated rings. The molecule has 0 amide bonds. The van der Waals surface area contributed by atoms with E-state index in [1.54, 1.807) is 23.3 Å². The molecule has 5 atom stereocenters. The first-order valence-electron chi connectivity index (χ1n) is 9.31. The average molecular weight is 379 g/mol. The Bertz CT molecular complexity index is 920. The quantitative estimate of drug-likeness (QED) is 0.687. The van der Waals surface area contributed by atoms with Gasteiger partial charge in [0, 0.05) is 36.3 Å². The maximum atomic E-state index is 11.1. The molecule has 2 saturated heterocycles. The molecule has 2 bridgehead atoms. The predicted octanol–water partition coefficient (Wildman–Crippen LogP) is 1.16. The molecule has 5 rings (SSSR count).